The molecule has 1 fully saturated rings. The Labute approximate surface area is 153 Å². The molecule has 2 aliphatic rings. The summed E-state index contributed by atoms with van der Waals surface area (Å²) in [5.74, 6) is 0.894. The Hall–Kier alpha value is -2.82. The minimum Gasteiger partial charge on any atom is -0.481 e. The smallest absolute Gasteiger partial charge is 0.263 e. The van der Waals surface area contributed by atoms with Crippen molar-refractivity contribution in [2.24, 2.45) is 5.92 Å². The molecule has 1 unspecified atom stereocenters. The molecule has 26 heavy (non-hydrogen) atoms. The number of benzene rings is 2. The van der Waals surface area contributed by atoms with Crippen LogP contribution in [0, 0.1) is 5.92 Å². The molecule has 0 aromatic heterocycles. The van der Waals surface area contributed by atoms with Crippen molar-refractivity contribution in [1.29, 1.82) is 0 Å². The van der Waals surface area contributed by atoms with Crippen LogP contribution in [0.4, 0.5) is 5.69 Å². The molecule has 4 rings (SSSR count). The van der Waals surface area contributed by atoms with E-state index in [0.29, 0.717) is 18.8 Å². The fraction of sp³-hybridized carbons (Fsp3) is 0.333. The molecule has 2 aromatic rings. The van der Waals surface area contributed by atoms with Crippen molar-refractivity contribution in [3.63, 3.8) is 0 Å². The summed E-state index contributed by atoms with van der Waals surface area (Å²) >= 11 is 0. The predicted molar refractivity (Wildman–Crippen MR) is 98.6 cm³/mol. The molecule has 0 spiro atoms. The first-order valence-electron chi connectivity index (χ1n) is 9.03. The average molecular weight is 350 g/mol. The van der Waals surface area contributed by atoms with E-state index in [1.54, 1.807) is 11.8 Å². The van der Waals surface area contributed by atoms with Gasteiger partial charge in [0, 0.05) is 30.3 Å². The summed E-state index contributed by atoms with van der Waals surface area (Å²) in [6.45, 7) is 2.77. The van der Waals surface area contributed by atoms with Crippen molar-refractivity contribution in [2.75, 3.05) is 5.32 Å². The first kappa shape index (κ1) is 16.6. The number of hydrogen-bond acceptors (Lipinski definition) is 3. The minimum absolute atomic E-state index is 0.0337. The summed E-state index contributed by atoms with van der Waals surface area (Å²) in [7, 11) is 0. The third kappa shape index (κ3) is 3.57. The van der Waals surface area contributed by atoms with E-state index in [1.807, 2.05) is 48.5 Å². The highest BCUT2D eigenvalue weighted by Gasteiger charge is 2.31. The summed E-state index contributed by atoms with van der Waals surface area (Å²) in [5.41, 5.74) is 2.74. The van der Waals surface area contributed by atoms with Crippen LogP contribution in [0.15, 0.2) is 48.5 Å². The highest BCUT2D eigenvalue weighted by atomic mass is 16.5. The van der Waals surface area contributed by atoms with Crippen LogP contribution in [0.25, 0.3) is 0 Å². The number of anilines is 1. The highest BCUT2D eigenvalue weighted by Crippen LogP contribution is 2.32. The molecule has 1 N–H and O–H groups in total. The van der Waals surface area contributed by atoms with E-state index >= 15 is 0 Å². The fourth-order valence-electron chi connectivity index (χ4n) is 3.20. The first-order valence-corrected chi connectivity index (χ1v) is 9.03. The van der Waals surface area contributed by atoms with Crippen LogP contribution in [-0.2, 0) is 22.7 Å². The lowest BCUT2D eigenvalue weighted by Gasteiger charge is -2.22. The Morgan fingerprint density at radius 1 is 1.19 bits per heavy atom. The van der Waals surface area contributed by atoms with Crippen LogP contribution in [0.2, 0.25) is 0 Å². The van der Waals surface area contributed by atoms with Gasteiger partial charge in [-0.1, -0.05) is 30.3 Å². The van der Waals surface area contributed by atoms with Crippen molar-refractivity contribution < 1.29 is 14.3 Å². The number of hydrogen-bond donors (Lipinski definition) is 1. The number of carbonyl (C=O) groups excluding carboxylic acids is 2. The van der Waals surface area contributed by atoms with Gasteiger partial charge in [0.05, 0.1) is 0 Å². The Kier molecular flexibility index (Phi) is 4.37. The molecule has 0 saturated heterocycles. The Balaban J connectivity index is 1.57. The van der Waals surface area contributed by atoms with Crippen LogP contribution in [0.5, 0.6) is 5.75 Å². The van der Waals surface area contributed by atoms with E-state index in [2.05, 4.69) is 5.32 Å². The number of rotatable bonds is 4. The van der Waals surface area contributed by atoms with E-state index in [0.717, 1.165) is 29.7 Å². The zero-order valence-electron chi connectivity index (χ0n) is 14.8. The summed E-state index contributed by atoms with van der Waals surface area (Å²) in [4.78, 5) is 26.5. The zero-order chi connectivity index (χ0) is 18.1. The van der Waals surface area contributed by atoms with Crippen LogP contribution in [-0.4, -0.2) is 22.8 Å². The summed E-state index contributed by atoms with van der Waals surface area (Å²) < 4.78 is 5.85. The number of carbonyl (C=O) groups is 2. The highest BCUT2D eigenvalue weighted by molar-refractivity contribution is 5.94. The van der Waals surface area contributed by atoms with Gasteiger partial charge >= 0.3 is 0 Å². The van der Waals surface area contributed by atoms with Gasteiger partial charge in [0.2, 0.25) is 5.91 Å². The quantitative estimate of drug-likeness (QED) is 0.920. The van der Waals surface area contributed by atoms with E-state index in [4.69, 9.17) is 4.74 Å². The lowest BCUT2D eigenvalue weighted by atomic mass is 10.1. The Morgan fingerprint density at radius 2 is 1.96 bits per heavy atom. The Morgan fingerprint density at radius 3 is 2.69 bits per heavy atom. The molecule has 2 amide bonds. The molecule has 1 saturated carbocycles. The van der Waals surface area contributed by atoms with Gasteiger partial charge in [-0.05, 0) is 43.5 Å². The van der Waals surface area contributed by atoms with Crippen LogP contribution in [0.3, 0.4) is 0 Å². The molecule has 1 aliphatic heterocycles. The van der Waals surface area contributed by atoms with Crippen molar-refractivity contribution in [2.45, 2.75) is 39.0 Å². The SMILES string of the molecule is CC1Oc2ccc(NC(=O)C3CC3)cc2CN(Cc2ccccc2)C1=O. The molecule has 1 atom stereocenters. The molecular formula is C21H22N2O3. The summed E-state index contributed by atoms with van der Waals surface area (Å²) in [6.07, 6.45) is 1.40. The van der Waals surface area contributed by atoms with Gasteiger partial charge < -0.3 is 15.0 Å². The maximum Gasteiger partial charge on any atom is 0.263 e. The summed E-state index contributed by atoms with van der Waals surface area (Å²) in [6, 6.07) is 15.5. The maximum atomic E-state index is 12.7. The number of fused-ring (bicyclic) bond motifs is 1. The fourth-order valence-corrected chi connectivity index (χ4v) is 3.20. The number of nitrogens with zero attached hydrogens (tertiary/aromatic N) is 1. The molecular weight excluding hydrogens is 328 g/mol. The van der Waals surface area contributed by atoms with Gasteiger partial charge in [0.1, 0.15) is 5.75 Å². The molecule has 0 bridgehead atoms. The number of nitrogens with one attached hydrogen (secondary N) is 1. The molecule has 5 heteroatoms. The van der Waals surface area contributed by atoms with E-state index in [9.17, 15) is 9.59 Å². The lowest BCUT2D eigenvalue weighted by molar-refractivity contribution is -0.138. The van der Waals surface area contributed by atoms with Crippen molar-refractivity contribution >= 4 is 17.5 Å². The lowest BCUT2D eigenvalue weighted by Crippen LogP contribution is -2.37. The first-order chi connectivity index (χ1) is 12.6. The van der Waals surface area contributed by atoms with E-state index < -0.39 is 6.10 Å². The second-order valence-electron chi connectivity index (χ2n) is 7.03. The van der Waals surface area contributed by atoms with E-state index in [1.165, 1.54) is 0 Å². The van der Waals surface area contributed by atoms with Crippen LogP contribution >= 0.6 is 0 Å². The molecule has 5 nitrogen and oxygen atoms in total. The monoisotopic (exact) mass is 350 g/mol. The van der Waals surface area contributed by atoms with Crippen LogP contribution in [0.1, 0.15) is 30.9 Å². The topological polar surface area (TPSA) is 58.6 Å². The maximum absolute atomic E-state index is 12.7. The van der Waals surface area contributed by atoms with Gasteiger partial charge in [-0.15, -0.1) is 0 Å². The van der Waals surface area contributed by atoms with Crippen molar-refractivity contribution in [1.82, 2.24) is 4.90 Å². The van der Waals surface area contributed by atoms with Gasteiger partial charge in [0.15, 0.2) is 6.10 Å². The molecule has 0 radical (unpaired) electrons. The van der Waals surface area contributed by atoms with E-state index in [-0.39, 0.29) is 17.7 Å². The van der Waals surface area contributed by atoms with Gasteiger partial charge in [-0.3, -0.25) is 9.59 Å². The van der Waals surface area contributed by atoms with Crippen LogP contribution < -0.4 is 10.1 Å². The average Bonchev–Trinajstić information content (AvgIpc) is 3.48. The Bertz CT molecular complexity index is 830. The van der Waals surface area contributed by atoms with Gasteiger partial charge in [-0.25, -0.2) is 0 Å². The molecule has 1 aliphatic carbocycles. The third-order valence-electron chi connectivity index (χ3n) is 4.82. The van der Waals surface area contributed by atoms with Crippen molar-refractivity contribution in [3.05, 3.63) is 59.7 Å². The number of amides is 2. The molecule has 2 aromatic carbocycles. The summed E-state index contributed by atoms with van der Waals surface area (Å²) in [5, 5.41) is 2.96. The third-order valence-corrected chi connectivity index (χ3v) is 4.82. The number of ether oxygens (including phenoxy) is 1. The normalized spacial score (nSPS) is 19.3. The minimum atomic E-state index is -0.535. The standard InChI is InChI=1S/C21H22N2O3/c1-14-21(25)23(12-15-5-3-2-4-6-15)13-17-11-18(9-10-19(17)26-14)22-20(24)16-7-8-16/h2-6,9-11,14,16H,7-8,12-13H2,1H3,(H,22,24). The van der Waals surface area contributed by atoms with Crippen molar-refractivity contribution in [3.8, 4) is 5.75 Å². The second kappa shape index (κ2) is 6.83. The predicted octanol–water partition coefficient (Wildman–Crippen LogP) is 3.34. The molecule has 134 valence electrons. The second-order valence-corrected chi connectivity index (χ2v) is 7.03. The van der Waals surface area contributed by atoms with Gasteiger partial charge in [0.25, 0.3) is 5.91 Å². The zero-order valence-corrected chi connectivity index (χ0v) is 14.8. The molecule has 1 heterocycles. The van der Waals surface area contributed by atoms with Gasteiger partial charge in [-0.2, -0.15) is 0 Å². The largest absolute Gasteiger partial charge is 0.481 e.